The van der Waals surface area contributed by atoms with Gasteiger partial charge in [0.2, 0.25) is 0 Å². The minimum Gasteiger partial charge on any atom is -0.505 e. The van der Waals surface area contributed by atoms with E-state index in [0.717, 1.165) is 25.0 Å². The fourth-order valence-corrected chi connectivity index (χ4v) is 2.11. The van der Waals surface area contributed by atoms with Crippen molar-refractivity contribution in [3.05, 3.63) is 29.6 Å². The predicted octanol–water partition coefficient (Wildman–Crippen LogP) is 2.19. The van der Waals surface area contributed by atoms with Crippen molar-refractivity contribution in [2.45, 2.75) is 38.5 Å². The average molecular weight is 239 g/mol. The number of rotatable bonds is 3. The van der Waals surface area contributed by atoms with Crippen LogP contribution in [-0.4, -0.2) is 23.9 Å². The third-order valence-corrected chi connectivity index (χ3v) is 3.09. The van der Waals surface area contributed by atoms with E-state index in [-0.39, 0.29) is 11.9 Å². The molecule has 1 aromatic carbocycles. The molecule has 1 aliphatic heterocycles. The second-order valence-electron chi connectivity index (χ2n) is 4.57. The molecule has 0 saturated carbocycles. The molecule has 1 aromatic rings. The Morgan fingerprint density at radius 1 is 1.53 bits per heavy atom. The van der Waals surface area contributed by atoms with Crippen LogP contribution in [0.15, 0.2) is 18.2 Å². The first-order valence-electron chi connectivity index (χ1n) is 5.97. The number of halogens is 1. The molecule has 1 fully saturated rings. The van der Waals surface area contributed by atoms with E-state index in [4.69, 9.17) is 9.84 Å². The molecule has 0 bridgehead atoms. The normalized spacial score (nSPS) is 24.8. The summed E-state index contributed by atoms with van der Waals surface area (Å²) in [5, 5.41) is 12.5. The van der Waals surface area contributed by atoms with Gasteiger partial charge in [0.15, 0.2) is 11.6 Å². The predicted molar refractivity (Wildman–Crippen MR) is 63.3 cm³/mol. The van der Waals surface area contributed by atoms with Crippen molar-refractivity contribution in [1.82, 2.24) is 5.32 Å². The Hall–Kier alpha value is -1.13. The quantitative estimate of drug-likeness (QED) is 0.849. The van der Waals surface area contributed by atoms with Crippen LogP contribution in [0.2, 0.25) is 0 Å². The minimum atomic E-state index is -0.565. The Morgan fingerprint density at radius 3 is 3.06 bits per heavy atom. The number of benzene rings is 1. The van der Waals surface area contributed by atoms with Gasteiger partial charge >= 0.3 is 0 Å². The number of phenolic OH excluding ortho intramolecular Hbond substituents is 1. The molecule has 2 rings (SSSR count). The zero-order chi connectivity index (χ0) is 12.3. The van der Waals surface area contributed by atoms with Gasteiger partial charge in [-0.15, -0.1) is 0 Å². The zero-order valence-electron chi connectivity index (χ0n) is 9.95. The number of ether oxygens (including phenoxy) is 1. The summed E-state index contributed by atoms with van der Waals surface area (Å²) in [6.07, 6.45) is 2.27. The minimum absolute atomic E-state index is 0.290. The highest BCUT2D eigenvalue weighted by molar-refractivity contribution is 5.27. The van der Waals surface area contributed by atoms with Gasteiger partial charge < -0.3 is 15.2 Å². The molecule has 0 radical (unpaired) electrons. The van der Waals surface area contributed by atoms with Crippen molar-refractivity contribution in [2.24, 2.45) is 0 Å². The standard InChI is InChI=1S/C13H18FNO2/c1-9-6-11(4-5-17-9)15-8-10-2-3-13(16)12(14)7-10/h2-3,7,9,11,15-16H,4-6,8H2,1H3. The van der Waals surface area contributed by atoms with Crippen molar-refractivity contribution in [1.29, 1.82) is 0 Å². The maximum Gasteiger partial charge on any atom is 0.165 e. The van der Waals surface area contributed by atoms with Gasteiger partial charge in [-0.25, -0.2) is 4.39 Å². The van der Waals surface area contributed by atoms with Crippen LogP contribution in [0.1, 0.15) is 25.3 Å². The first-order chi connectivity index (χ1) is 8.15. The molecule has 17 heavy (non-hydrogen) atoms. The molecule has 0 aliphatic carbocycles. The Labute approximate surface area is 101 Å². The Morgan fingerprint density at radius 2 is 2.35 bits per heavy atom. The van der Waals surface area contributed by atoms with Crippen molar-refractivity contribution in [3.8, 4) is 5.75 Å². The monoisotopic (exact) mass is 239 g/mol. The molecule has 1 saturated heterocycles. The van der Waals surface area contributed by atoms with Gasteiger partial charge in [-0.05, 0) is 37.5 Å². The fourth-order valence-electron chi connectivity index (χ4n) is 2.11. The third-order valence-electron chi connectivity index (χ3n) is 3.09. The van der Waals surface area contributed by atoms with Crippen LogP contribution in [0.25, 0.3) is 0 Å². The summed E-state index contributed by atoms with van der Waals surface area (Å²) in [7, 11) is 0. The van der Waals surface area contributed by atoms with Gasteiger partial charge in [0.1, 0.15) is 0 Å². The third kappa shape index (κ3) is 3.41. The van der Waals surface area contributed by atoms with Crippen LogP contribution >= 0.6 is 0 Å². The first kappa shape index (κ1) is 12.3. The topological polar surface area (TPSA) is 41.5 Å². The van der Waals surface area contributed by atoms with Crippen LogP contribution in [0.4, 0.5) is 4.39 Å². The number of nitrogens with one attached hydrogen (secondary N) is 1. The van der Waals surface area contributed by atoms with Gasteiger partial charge in [0, 0.05) is 19.2 Å². The van der Waals surface area contributed by atoms with E-state index >= 15 is 0 Å². The van der Waals surface area contributed by atoms with Crippen molar-refractivity contribution >= 4 is 0 Å². The number of aromatic hydroxyl groups is 1. The Kier molecular flexibility index (Phi) is 3.97. The summed E-state index contributed by atoms with van der Waals surface area (Å²) in [4.78, 5) is 0. The molecular formula is C13H18FNO2. The van der Waals surface area contributed by atoms with Gasteiger partial charge in [-0.2, -0.15) is 0 Å². The Bertz CT molecular complexity index is 384. The molecule has 2 unspecified atom stereocenters. The highest BCUT2D eigenvalue weighted by Crippen LogP contribution is 2.17. The molecular weight excluding hydrogens is 221 g/mol. The largest absolute Gasteiger partial charge is 0.505 e. The lowest BCUT2D eigenvalue weighted by Crippen LogP contribution is -2.37. The summed E-state index contributed by atoms with van der Waals surface area (Å²) in [5.74, 6) is -0.863. The summed E-state index contributed by atoms with van der Waals surface area (Å²) in [6, 6.07) is 4.91. The maximum atomic E-state index is 13.1. The summed E-state index contributed by atoms with van der Waals surface area (Å²) in [6.45, 7) is 3.46. The van der Waals surface area contributed by atoms with E-state index in [1.165, 1.54) is 12.1 Å². The van der Waals surface area contributed by atoms with Crippen LogP contribution < -0.4 is 5.32 Å². The van der Waals surface area contributed by atoms with Crippen molar-refractivity contribution < 1.29 is 14.2 Å². The summed E-state index contributed by atoms with van der Waals surface area (Å²) in [5.41, 5.74) is 0.847. The molecule has 94 valence electrons. The van der Waals surface area contributed by atoms with Gasteiger partial charge in [0.25, 0.3) is 0 Å². The van der Waals surface area contributed by atoms with Crippen molar-refractivity contribution in [3.63, 3.8) is 0 Å². The molecule has 4 heteroatoms. The number of phenols is 1. The highest BCUT2D eigenvalue weighted by atomic mass is 19.1. The van der Waals surface area contributed by atoms with Crippen LogP contribution in [0.3, 0.4) is 0 Å². The number of hydrogen-bond donors (Lipinski definition) is 2. The second-order valence-corrected chi connectivity index (χ2v) is 4.57. The maximum absolute atomic E-state index is 13.1. The van der Waals surface area contributed by atoms with E-state index in [1.54, 1.807) is 6.07 Å². The fraction of sp³-hybridized carbons (Fsp3) is 0.538. The van der Waals surface area contributed by atoms with E-state index in [2.05, 4.69) is 12.2 Å². The molecule has 0 amide bonds. The first-order valence-corrected chi connectivity index (χ1v) is 5.97. The van der Waals surface area contributed by atoms with Crippen LogP contribution in [0.5, 0.6) is 5.75 Å². The van der Waals surface area contributed by atoms with E-state index < -0.39 is 5.82 Å². The molecule has 2 atom stereocenters. The van der Waals surface area contributed by atoms with Gasteiger partial charge in [0.05, 0.1) is 6.10 Å². The molecule has 1 aliphatic rings. The molecule has 1 heterocycles. The summed E-state index contributed by atoms with van der Waals surface area (Å²) >= 11 is 0. The van der Waals surface area contributed by atoms with Crippen LogP contribution in [-0.2, 0) is 11.3 Å². The summed E-state index contributed by atoms with van der Waals surface area (Å²) < 4.78 is 18.6. The highest BCUT2D eigenvalue weighted by Gasteiger charge is 2.18. The van der Waals surface area contributed by atoms with Gasteiger partial charge in [-0.1, -0.05) is 6.07 Å². The van der Waals surface area contributed by atoms with E-state index in [0.29, 0.717) is 12.6 Å². The van der Waals surface area contributed by atoms with E-state index in [9.17, 15) is 4.39 Å². The SMILES string of the molecule is CC1CC(NCc2ccc(O)c(F)c2)CCO1. The second kappa shape index (κ2) is 5.47. The van der Waals surface area contributed by atoms with E-state index in [1.807, 2.05) is 0 Å². The molecule has 0 spiro atoms. The van der Waals surface area contributed by atoms with Gasteiger partial charge in [-0.3, -0.25) is 0 Å². The van der Waals surface area contributed by atoms with Crippen molar-refractivity contribution in [2.75, 3.05) is 6.61 Å². The molecule has 2 N–H and O–H groups in total. The number of hydrogen-bond acceptors (Lipinski definition) is 3. The lowest BCUT2D eigenvalue weighted by atomic mass is 10.0. The zero-order valence-corrected chi connectivity index (χ0v) is 9.95. The Balaban J connectivity index is 1.86. The van der Waals surface area contributed by atoms with Crippen LogP contribution in [0, 0.1) is 5.82 Å². The lowest BCUT2D eigenvalue weighted by molar-refractivity contribution is 0.0130. The average Bonchev–Trinajstić information content (AvgIpc) is 2.31. The smallest absolute Gasteiger partial charge is 0.165 e. The molecule has 0 aromatic heterocycles. The lowest BCUT2D eigenvalue weighted by Gasteiger charge is -2.28. The molecule has 3 nitrogen and oxygen atoms in total.